The number of anilines is 1. The smallest absolute Gasteiger partial charge is 0.325 e. The van der Waals surface area contributed by atoms with Gasteiger partial charge in [-0.05, 0) is 49.2 Å². The van der Waals surface area contributed by atoms with E-state index in [1.165, 1.54) is 0 Å². The van der Waals surface area contributed by atoms with Gasteiger partial charge in [0.1, 0.15) is 5.75 Å². The number of ether oxygens (including phenoxy) is 3. The number of urea groups is 1. The molecule has 8 nitrogen and oxygen atoms in total. The number of nitrogens with one attached hydrogen (secondary N) is 2. The molecule has 2 aromatic rings. The third kappa shape index (κ3) is 5.27. The van der Waals surface area contributed by atoms with Gasteiger partial charge in [-0.15, -0.1) is 0 Å². The number of imide groups is 1. The molecule has 2 aliphatic heterocycles. The van der Waals surface area contributed by atoms with Crippen LogP contribution in [0, 0.1) is 0 Å². The van der Waals surface area contributed by atoms with Gasteiger partial charge in [-0.1, -0.05) is 25.0 Å². The van der Waals surface area contributed by atoms with Gasteiger partial charge in [-0.2, -0.15) is 0 Å². The Balaban J connectivity index is 1.36. The van der Waals surface area contributed by atoms with Gasteiger partial charge in [-0.25, -0.2) is 4.79 Å². The number of likely N-dealkylation sites (tertiary alicyclic amines) is 1. The zero-order valence-electron chi connectivity index (χ0n) is 17.6. The highest BCUT2D eigenvalue weighted by molar-refractivity contribution is 6.01. The summed E-state index contributed by atoms with van der Waals surface area (Å²) < 4.78 is 15.8. The SMILES string of the molecule is COc1ccc([C@H]2CCCCCN2CC(=O)NC(=O)Nc2ccc3c(c2)OCO3)cc1. The molecule has 4 rings (SSSR count). The molecule has 8 heteroatoms. The highest BCUT2D eigenvalue weighted by Gasteiger charge is 2.25. The monoisotopic (exact) mass is 425 g/mol. The zero-order valence-corrected chi connectivity index (χ0v) is 17.6. The molecule has 31 heavy (non-hydrogen) atoms. The van der Waals surface area contributed by atoms with E-state index in [4.69, 9.17) is 14.2 Å². The number of hydrogen-bond donors (Lipinski definition) is 2. The molecule has 2 heterocycles. The number of amides is 3. The van der Waals surface area contributed by atoms with Gasteiger partial charge in [0.15, 0.2) is 11.5 Å². The van der Waals surface area contributed by atoms with Crippen molar-refractivity contribution >= 4 is 17.6 Å². The highest BCUT2D eigenvalue weighted by Crippen LogP contribution is 2.34. The fourth-order valence-corrected chi connectivity index (χ4v) is 4.05. The lowest BCUT2D eigenvalue weighted by molar-refractivity contribution is -0.121. The highest BCUT2D eigenvalue weighted by atomic mass is 16.7. The molecule has 0 bridgehead atoms. The van der Waals surface area contributed by atoms with E-state index in [1.807, 2.05) is 24.3 Å². The summed E-state index contributed by atoms with van der Waals surface area (Å²) in [5, 5.41) is 5.10. The normalized spacial score (nSPS) is 18.2. The first kappa shape index (κ1) is 21.0. The first-order valence-corrected chi connectivity index (χ1v) is 10.5. The van der Waals surface area contributed by atoms with Gasteiger partial charge in [0.2, 0.25) is 12.7 Å². The molecule has 0 unspecified atom stereocenters. The predicted octanol–water partition coefficient (Wildman–Crippen LogP) is 3.69. The lowest BCUT2D eigenvalue weighted by Gasteiger charge is -2.29. The van der Waals surface area contributed by atoms with Crippen molar-refractivity contribution in [2.75, 3.05) is 32.3 Å². The summed E-state index contributed by atoms with van der Waals surface area (Å²) in [6.45, 7) is 1.13. The van der Waals surface area contributed by atoms with Crippen molar-refractivity contribution in [1.29, 1.82) is 0 Å². The Morgan fingerprint density at radius 1 is 1.06 bits per heavy atom. The molecular weight excluding hydrogens is 398 g/mol. The van der Waals surface area contributed by atoms with E-state index in [2.05, 4.69) is 15.5 Å². The third-order valence-electron chi connectivity index (χ3n) is 5.59. The van der Waals surface area contributed by atoms with Gasteiger partial charge < -0.3 is 19.5 Å². The first-order chi connectivity index (χ1) is 15.1. The van der Waals surface area contributed by atoms with E-state index in [0.29, 0.717) is 17.2 Å². The Morgan fingerprint density at radius 2 is 1.87 bits per heavy atom. The van der Waals surface area contributed by atoms with Crippen molar-refractivity contribution < 1.29 is 23.8 Å². The fraction of sp³-hybridized carbons (Fsp3) is 0.391. The predicted molar refractivity (Wildman–Crippen MR) is 116 cm³/mol. The number of hydrogen-bond acceptors (Lipinski definition) is 6. The fourth-order valence-electron chi connectivity index (χ4n) is 4.05. The summed E-state index contributed by atoms with van der Waals surface area (Å²) in [6, 6.07) is 12.6. The average molecular weight is 425 g/mol. The molecule has 2 aliphatic rings. The molecule has 1 atom stereocenters. The Morgan fingerprint density at radius 3 is 2.68 bits per heavy atom. The van der Waals surface area contributed by atoms with E-state index < -0.39 is 6.03 Å². The van der Waals surface area contributed by atoms with Crippen molar-refractivity contribution in [2.24, 2.45) is 0 Å². The van der Waals surface area contributed by atoms with Crippen molar-refractivity contribution in [3.8, 4) is 17.2 Å². The van der Waals surface area contributed by atoms with Crippen LogP contribution in [0.3, 0.4) is 0 Å². The average Bonchev–Trinajstić information content (AvgIpc) is 3.11. The summed E-state index contributed by atoms with van der Waals surface area (Å²) >= 11 is 0. The number of nitrogens with zero attached hydrogens (tertiary/aromatic N) is 1. The standard InChI is InChI=1S/C23H27N3O5/c1-29-18-9-6-16(7-10-18)19-5-3-2-4-12-26(19)14-22(27)25-23(28)24-17-8-11-20-21(13-17)31-15-30-20/h6-11,13,19H,2-5,12,14-15H2,1H3,(H2,24,25,27,28)/t19-/m1/s1. The molecule has 0 aliphatic carbocycles. The number of benzene rings is 2. The molecule has 164 valence electrons. The van der Waals surface area contributed by atoms with E-state index in [-0.39, 0.29) is 25.3 Å². The number of rotatable bonds is 5. The molecule has 1 saturated heterocycles. The minimum absolute atomic E-state index is 0.135. The van der Waals surface area contributed by atoms with Crippen molar-refractivity contribution in [1.82, 2.24) is 10.2 Å². The van der Waals surface area contributed by atoms with Gasteiger partial charge >= 0.3 is 6.03 Å². The molecule has 2 aromatic carbocycles. The largest absolute Gasteiger partial charge is 0.497 e. The summed E-state index contributed by atoms with van der Waals surface area (Å²) in [5.41, 5.74) is 1.68. The number of carbonyl (C=O) groups is 2. The van der Waals surface area contributed by atoms with Crippen LogP contribution >= 0.6 is 0 Å². The minimum atomic E-state index is -0.570. The van der Waals surface area contributed by atoms with Crippen molar-refractivity contribution in [2.45, 2.75) is 31.7 Å². The van der Waals surface area contributed by atoms with E-state index in [9.17, 15) is 9.59 Å². The maximum Gasteiger partial charge on any atom is 0.325 e. The van der Waals surface area contributed by atoms with Crippen LogP contribution in [0.1, 0.15) is 37.3 Å². The molecule has 3 amide bonds. The van der Waals surface area contributed by atoms with Crippen LogP contribution in [0.4, 0.5) is 10.5 Å². The van der Waals surface area contributed by atoms with Crippen LogP contribution in [0.15, 0.2) is 42.5 Å². The Kier molecular flexibility index (Phi) is 6.57. The number of fused-ring (bicyclic) bond motifs is 1. The second-order valence-corrected chi connectivity index (χ2v) is 7.68. The van der Waals surface area contributed by atoms with E-state index in [1.54, 1.807) is 25.3 Å². The third-order valence-corrected chi connectivity index (χ3v) is 5.59. The number of methoxy groups -OCH3 is 1. The molecule has 1 fully saturated rings. The molecule has 0 aromatic heterocycles. The van der Waals surface area contributed by atoms with E-state index >= 15 is 0 Å². The summed E-state index contributed by atoms with van der Waals surface area (Å²) in [7, 11) is 1.64. The van der Waals surface area contributed by atoms with Crippen LogP contribution in [0.2, 0.25) is 0 Å². The topological polar surface area (TPSA) is 89.1 Å². The Labute approximate surface area is 181 Å². The van der Waals surface area contributed by atoms with Crippen LogP contribution < -0.4 is 24.8 Å². The minimum Gasteiger partial charge on any atom is -0.497 e. The lowest BCUT2D eigenvalue weighted by Crippen LogP contribution is -2.43. The second-order valence-electron chi connectivity index (χ2n) is 7.68. The second kappa shape index (κ2) is 9.70. The maximum atomic E-state index is 12.6. The van der Waals surface area contributed by atoms with Crippen molar-refractivity contribution in [3.63, 3.8) is 0 Å². The van der Waals surface area contributed by atoms with Crippen LogP contribution in [-0.2, 0) is 4.79 Å². The molecule has 0 spiro atoms. The van der Waals surface area contributed by atoms with E-state index in [0.717, 1.165) is 43.5 Å². The number of carbonyl (C=O) groups excluding carboxylic acids is 2. The quantitative estimate of drug-likeness (QED) is 0.760. The van der Waals surface area contributed by atoms with Crippen molar-refractivity contribution in [3.05, 3.63) is 48.0 Å². The summed E-state index contributed by atoms with van der Waals surface area (Å²) in [4.78, 5) is 27.1. The Hall–Kier alpha value is -3.26. The van der Waals surface area contributed by atoms with Crippen LogP contribution in [0.25, 0.3) is 0 Å². The molecule has 0 saturated carbocycles. The first-order valence-electron chi connectivity index (χ1n) is 10.5. The molecule has 2 N–H and O–H groups in total. The summed E-state index contributed by atoms with van der Waals surface area (Å²) in [5.74, 6) is 1.67. The van der Waals surface area contributed by atoms with Gasteiger partial charge in [0.05, 0.1) is 13.7 Å². The zero-order chi connectivity index (χ0) is 21.6. The maximum absolute atomic E-state index is 12.6. The summed E-state index contributed by atoms with van der Waals surface area (Å²) in [6.07, 6.45) is 4.25. The van der Waals surface area contributed by atoms with Gasteiger partial charge in [-0.3, -0.25) is 15.0 Å². The molecular formula is C23H27N3O5. The van der Waals surface area contributed by atoms with Crippen LogP contribution in [0.5, 0.6) is 17.2 Å². The van der Waals surface area contributed by atoms with Gasteiger partial charge in [0.25, 0.3) is 0 Å². The Bertz CT molecular complexity index is 931. The lowest BCUT2D eigenvalue weighted by atomic mass is 10.0. The molecule has 0 radical (unpaired) electrons. The van der Waals surface area contributed by atoms with Gasteiger partial charge in [0, 0.05) is 17.8 Å². The van der Waals surface area contributed by atoms with Crippen LogP contribution in [-0.4, -0.2) is 43.8 Å².